The van der Waals surface area contributed by atoms with Crippen LogP contribution in [0.5, 0.6) is 0 Å². The Labute approximate surface area is 230 Å². The Morgan fingerprint density at radius 3 is 0.923 bits per heavy atom. The zero-order valence-corrected chi connectivity index (χ0v) is 23.5. The summed E-state index contributed by atoms with van der Waals surface area (Å²) >= 11 is 0. The van der Waals surface area contributed by atoms with Gasteiger partial charge in [-0.2, -0.15) is 0 Å². The predicted molar refractivity (Wildman–Crippen MR) is 149 cm³/mol. The molecule has 0 saturated carbocycles. The lowest BCUT2D eigenvalue weighted by molar-refractivity contribution is 0.104. The second-order valence-electron chi connectivity index (χ2n) is 9.73. The van der Waals surface area contributed by atoms with Gasteiger partial charge in [-0.15, -0.1) is 0 Å². The molecule has 3 heterocycles. The molecule has 12 nitrogen and oxygen atoms in total. The van der Waals surface area contributed by atoms with Gasteiger partial charge < -0.3 is 43.6 Å². The van der Waals surface area contributed by atoms with Crippen molar-refractivity contribution in [3.63, 3.8) is 0 Å². The van der Waals surface area contributed by atoms with Crippen LogP contribution in [0.25, 0.3) is 0 Å². The molecule has 3 aliphatic rings. The normalized spacial score (nSPS) is 18.2. The first kappa shape index (κ1) is 28.4. The summed E-state index contributed by atoms with van der Waals surface area (Å²) in [6.07, 6.45) is -0.776. The van der Waals surface area contributed by atoms with E-state index >= 15 is 0 Å². The Hall–Kier alpha value is -3.57. The number of anilines is 3. The molecule has 0 N–H and O–H groups in total. The molecule has 0 spiro atoms. The Morgan fingerprint density at radius 1 is 0.487 bits per heavy atom. The summed E-state index contributed by atoms with van der Waals surface area (Å²) in [5, 5.41) is 0. The lowest BCUT2D eigenvalue weighted by atomic mass is 10.1. The van der Waals surface area contributed by atoms with E-state index < -0.39 is 0 Å². The van der Waals surface area contributed by atoms with Crippen LogP contribution in [-0.2, 0) is 14.2 Å². The van der Waals surface area contributed by atoms with Crippen molar-refractivity contribution in [1.82, 2.24) is 14.7 Å². The Kier molecular flexibility index (Phi) is 9.83. The Bertz CT molecular complexity index is 849. The third-order valence-corrected chi connectivity index (χ3v) is 7.40. The molecule has 0 aliphatic carbocycles. The van der Waals surface area contributed by atoms with Gasteiger partial charge in [-0.05, 0) is 39.0 Å². The predicted octanol–water partition coefficient (Wildman–Crippen LogP) is 2.52. The van der Waals surface area contributed by atoms with Crippen molar-refractivity contribution in [1.29, 1.82) is 0 Å². The smallest absolute Gasteiger partial charge is 0.409 e. The molecule has 216 valence electrons. The fraction of sp³-hybridized carbons (Fsp3) is 0.667. The van der Waals surface area contributed by atoms with Gasteiger partial charge in [-0.3, -0.25) is 0 Å². The fourth-order valence-corrected chi connectivity index (χ4v) is 5.21. The number of nitrogens with zero attached hydrogens (tertiary/aromatic N) is 6. The maximum atomic E-state index is 12.2. The van der Waals surface area contributed by atoms with Crippen molar-refractivity contribution in [3.05, 3.63) is 18.2 Å². The van der Waals surface area contributed by atoms with Crippen LogP contribution in [0.4, 0.5) is 31.4 Å². The Morgan fingerprint density at radius 2 is 0.718 bits per heavy atom. The zero-order valence-electron chi connectivity index (χ0n) is 23.5. The van der Waals surface area contributed by atoms with E-state index in [1.54, 1.807) is 14.7 Å². The van der Waals surface area contributed by atoms with Gasteiger partial charge in [0, 0.05) is 95.6 Å². The molecular weight excluding hydrogens is 504 g/mol. The quantitative estimate of drug-likeness (QED) is 0.499. The van der Waals surface area contributed by atoms with E-state index in [-0.39, 0.29) is 18.3 Å². The summed E-state index contributed by atoms with van der Waals surface area (Å²) in [6, 6.07) is 6.62. The summed E-state index contributed by atoms with van der Waals surface area (Å²) in [5.41, 5.74) is 3.31. The van der Waals surface area contributed by atoms with Gasteiger partial charge in [0.05, 0.1) is 19.8 Å². The molecule has 4 rings (SSSR count). The van der Waals surface area contributed by atoms with Crippen LogP contribution >= 0.6 is 0 Å². The molecule has 0 bridgehead atoms. The molecule has 0 aromatic heterocycles. The van der Waals surface area contributed by atoms with Crippen LogP contribution in [-0.4, -0.2) is 131 Å². The maximum Gasteiger partial charge on any atom is 0.409 e. The zero-order chi connectivity index (χ0) is 27.8. The number of carbonyl (C=O) groups excluding carboxylic acids is 3. The third kappa shape index (κ3) is 7.10. The van der Waals surface area contributed by atoms with E-state index in [0.717, 1.165) is 56.3 Å². The van der Waals surface area contributed by atoms with Crippen LogP contribution in [0.2, 0.25) is 0 Å². The molecule has 3 amide bonds. The van der Waals surface area contributed by atoms with Gasteiger partial charge in [-0.25, -0.2) is 14.4 Å². The van der Waals surface area contributed by atoms with Crippen molar-refractivity contribution in [2.24, 2.45) is 0 Å². The van der Waals surface area contributed by atoms with Gasteiger partial charge in [0.25, 0.3) is 0 Å². The minimum Gasteiger partial charge on any atom is -0.450 e. The fourth-order valence-electron chi connectivity index (χ4n) is 5.21. The van der Waals surface area contributed by atoms with Crippen LogP contribution in [0.15, 0.2) is 18.2 Å². The lowest BCUT2D eigenvalue weighted by Crippen LogP contribution is -2.50. The maximum absolute atomic E-state index is 12.2. The molecular formula is C27H42N6O6. The monoisotopic (exact) mass is 546 g/mol. The van der Waals surface area contributed by atoms with Crippen molar-refractivity contribution in [2.45, 2.75) is 20.8 Å². The number of hydrogen-bond donors (Lipinski definition) is 0. The van der Waals surface area contributed by atoms with Gasteiger partial charge in [0.15, 0.2) is 0 Å². The number of rotatable bonds is 6. The van der Waals surface area contributed by atoms with E-state index in [1.165, 1.54) is 0 Å². The molecule has 3 fully saturated rings. The molecule has 3 aliphatic heterocycles. The summed E-state index contributed by atoms with van der Waals surface area (Å²) in [5.74, 6) is 0. The first-order valence-corrected chi connectivity index (χ1v) is 14.1. The SMILES string of the molecule is CCOC(=O)N1CCN(c2cc(N3CCN(C(=O)OCC)CC3)cc(N3CCN(C(=O)OCC)CC3)c2)CC1. The van der Waals surface area contributed by atoms with Crippen molar-refractivity contribution < 1.29 is 28.6 Å². The van der Waals surface area contributed by atoms with Gasteiger partial charge in [-0.1, -0.05) is 0 Å². The molecule has 39 heavy (non-hydrogen) atoms. The highest BCUT2D eigenvalue weighted by molar-refractivity contribution is 5.73. The average molecular weight is 547 g/mol. The first-order chi connectivity index (χ1) is 18.9. The number of carbonyl (C=O) groups is 3. The standard InChI is InChI=1S/C27H42N6O6/c1-4-37-25(34)31-13-7-28(8-14-31)22-19-23(29-9-15-32(16-10-29)26(35)38-5-2)21-24(20-22)30-11-17-33(18-12-30)27(36)39-6-3/h19-21H,4-18H2,1-3H3. The summed E-state index contributed by atoms with van der Waals surface area (Å²) in [4.78, 5) is 48.8. The van der Waals surface area contributed by atoms with Crippen LogP contribution in [0, 0.1) is 0 Å². The molecule has 0 radical (unpaired) electrons. The summed E-state index contributed by atoms with van der Waals surface area (Å²) in [7, 11) is 0. The van der Waals surface area contributed by atoms with E-state index in [1.807, 2.05) is 20.8 Å². The minimum atomic E-state index is -0.259. The number of benzene rings is 1. The molecule has 1 aromatic carbocycles. The van der Waals surface area contributed by atoms with Crippen molar-refractivity contribution in [3.8, 4) is 0 Å². The van der Waals surface area contributed by atoms with Crippen LogP contribution in [0.1, 0.15) is 20.8 Å². The van der Waals surface area contributed by atoms with E-state index in [9.17, 15) is 14.4 Å². The second-order valence-corrected chi connectivity index (χ2v) is 9.73. The lowest BCUT2D eigenvalue weighted by Gasteiger charge is -2.40. The highest BCUT2D eigenvalue weighted by Gasteiger charge is 2.27. The number of hydrogen-bond acceptors (Lipinski definition) is 9. The largest absolute Gasteiger partial charge is 0.450 e. The van der Waals surface area contributed by atoms with Gasteiger partial charge in [0.2, 0.25) is 0 Å². The molecule has 0 unspecified atom stereocenters. The van der Waals surface area contributed by atoms with E-state index in [2.05, 4.69) is 32.9 Å². The summed E-state index contributed by atoms with van der Waals surface area (Å²) in [6.45, 7) is 14.5. The van der Waals surface area contributed by atoms with E-state index in [4.69, 9.17) is 14.2 Å². The molecule has 12 heteroatoms. The topological polar surface area (TPSA) is 98.3 Å². The van der Waals surface area contributed by atoms with Crippen LogP contribution in [0.3, 0.4) is 0 Å². The van der Waals surface area contributed by atoms with Crippen LogP contribution < -0.4 is 14.7 Å². The highest BCUT2D eigenvalue weighted by atomic mass is 16.6. The minimum absolute atomic E-state index is 0.259. The van der Waals surface area contributed by atoms with Crippen molar-refractivity contribution >= 4 is 35.3 Å². The van der Waals surface area contributed by atoms with Gasteiger partial charge >= 0.3 is 18.3 Å². The molecule has 0 atom stereocenters. The second kappa shape index (κ2) is 13.5. The average Bonchev–Trinajstić information content (AvgIpc) is 2.97. The molecule has 3 saturated heterocycles. The highest BCUT2D eigenvalue weighted by Crippen LogP contribution is 2.32. The number of amides is 3. The molecule has 1 aromatic rings. The van der Waals surface area contributed by atoms with E-state index in [0.29, 0.717) is 59.1 Å². The summed E-state index contributed by atoms with van der Waals surface area (Å²) < 4.78 is 15.5. The Balaban J connectivity index is 1.49. The first-order valence-electron chi connectivity index (χ1n) is 14.1. The van der Waals surface area contributed by atoms with Gasteiger partial charge in [0.1, 0.15) is 0 Å². The third-order valence-electron chi connectivity index (χ3n) is 7.40. The number of piperazine rings is 3. The van der Waals surface area contributed by atoms with Crippen molar-refractivity contribution in [2.75, 3.05) is 113 Å². The number of ether oxygens (including phenoxy) is 3.